The summed E-state index contributed by atoms with van der Waals surface area (Å²) < 4.78 is 5.55. The van der Waals surface area contributed by atoms with Gasteiger partial charge in [-0.3, -0.25) is 0 Å². The SMILES string of the molecule is CNC(CC(C)(C)C)c1ccc2c(c1)CCO2. The van der Waals surface area contributed by atoms with Crippen LogP contribution < -0.4 is 10.1 Å². The molecule has 0 saturated carbocycles. The van der Waals surface area contributed by atoms with Crippen molar-refractivity contribution in [2.75, 3.05) is 13.7 Å². The van der Waals surface area contributed by atoms with Crippen molar-refractivity contribution in [3.05, 3.63) is 29.3 Å². The summed E-state index contributed by atoms with van der Waals surface area (Å²) in [6.45, 7) is 7.69. The van der Waals surface area contributed by atoms with E-state index in [1.165, 1.54) is 11.1 Å². The zero-order chi connectivity index (χ0) is 12.5. The van der Waals surface area contributed by atoms with Gasteiger partial charge in [-0.1, -0.05) is 32.9 Å². The zero-order valence-corrected chi connectivity index (χ0v) is 11.3. The maximum Gasteiger partial charge on any atom is 0.122 e. The maximum absolute atomic E-state index is 5.55. The number of nitrogens with one attached hydrogen (secondary N) is 1. The first-order chi connectivity index (χ1) is 7.99. The quantitative estimate of drug-likeness (QED) is 0.864. The third kappa shape index (κ3) is 3.01. The van der Waals surface area contributed by atoms with E-state index in [0.717, 1.165) is 25.2 Å². The molecule has 0 aromatic heterocycles. The molecular formula is C15H23NO. The van der Waals surface area contributed by atoms with E-state index in [2.05, 4.69) is 44.3 Å². The molecule has 2 nitrogen and oxygen atoms in total. The van der Waals surface area contributed by atoms with E-state index in [4.69, 9.17) is 4.74 Å². The van der Waals surface area contributed by atoms with Crippen LogP contribution in [0, 0.1) is 5.41 Å². The predicted octanol–water partition coefficient (Wildman–Crippen LogP) is 3.32. The van der Waals surface area contributed by atoms with E-state index in [9.17, 15) is 0 Å². The summed E-state index contributed by atoms with van der Waals surface area (Å²) in [5.41, 5.74) is 3.08. The van der Waals surface area contributed by atoms with Gasteiger partial charge < -0.3 is 10.1 Å². The summed E-state index contributed by atoms with van der Waals surface area (Å²) in [4.78, 5) is 0. The molecule has 1 aliphatic rings. The van der Waals surface area contributed by atoms with Gasteiger partial charge in [-0.25, -0.2) is 0 Å². The van der Waals surface area contributed by atoms with Gasteiger partial charge in [0.05, 0.1) is 6.61 Å². The van der Waals surface area contributed by atoms with Crippen LogP contribution in [-0.2, 0) is 6.42 Å². The lowest BCUT2D eigenvalue weighted by Crippen LogP contribution is -2.22. The first kappa shape index (κ1) is 12.4. The minimum absolute atomic E-state index is 0.336. The average Bonchev–Trinajstić information content (AvgIpc) is 2.71. The van der Waals surface area contributed by atoms with Gasteiger partial charge in [0.15, 0.2) is 0 Å². The average molecular weight is 233 g/mol. The third-order valence-electron chi connectivity index (χ3n) is 3.28. The van der Waals surface area contributed by atoms with Crippen molar-refractivity contribution >= 4 is 0 Å². The van der Waals surface area contributed by atoms with Gasteiger partial charge >= 0.3 is 0 Å². The van der Waals surface area contributed by atoms with Crippen molar-refractivity contribution < 1.29 is 4.74 Å². The number of fused-ring (bicyclic) bond motifs is 1. The summed E-state index contributed by atoms with van der Waals surface area (Å²) in [5, 5.41) is 3.43. The molecule has 0 spiro atoms. The van der Waals surface area contributed by atoms with Gasteiger partial charge in [0, 0.05) is 12.5 Å². The Morgan fingerprint density at radius 3 is 2.76 bits per heavy atom. The van der Waals surface area contributed by atoms with Crippen LogP contribution in [0.4, 0.5) is 0 Å². The largest absolute Gasteiger partial charge is 0.493 e. The number of rotatable bonds is 3. The second-order valence-electron chi connectivity index (χ2n) is 6.07. The van der Waals surface area contributed by atoms with Crippen LogP contribution in [0.15, 0.2) is 18.2 Å². The highest BCUT2D eigenvalue weighted by molar-refractivity contribution is 5.40. The molecule has 1 aromatic carbocycles. The van der Waals surface area contributed by atoms with Crippen LogP contribution in [0.5, 0.6) is 5.75 Å². The molecule has 1 N–H and O–H groups in total. The molecule has 0 radical (unpaired) electrons. The molecule has 17 heavy (non-hydrogen) atoms. The molecule has 2 heteroatoms. The first-order valence-corrected chi connectivity index (χ1v) is 6.42. The minimum Gasteiger partial charge on any atom is -0.493 e. The highest BCUT2D eigenvalue weighted by atomic mass is 16.5. The molecule has 1 aromatic rings. The van der Waals surface area contributed by atoms with Gasteiger partial charge in [0.25, 0.3) is 0 Å². The molecule has 0 bridgehead atoms. The summed E-state index contributed by atoms with van der Waals surface area (Å²) in [7, 11) is 2.04. The van der Waals surface area contributed by atoms with Gasteiger partial charge in [0.2, 0.25) is 0 Å². The molecule has 1 unspecified atom stereocenters. The molecule has 1 atom stereocenters. The van der Waals surface area contributed by atoms with Crippen molar-refractivity contribution in [3.8, 4) is 5.75 Å². The standard InChI is InChI=1S/C15H23NO/c1-15(2,3)10-13(16-4)11-5-6-14-12(9-11)7-8-17-14/h5-6,9,13,16H,7-8,10H2,1-4H3. The second kappa shape index (κ2) is 4.69. The summed E-state index contributed by atoms with van der Waals surface area (Å²) >= 11 is 0. The normalized spacial score (nSPS) is 16.5. The molecule has 94 valence electrons. The number of hydrogen-bond donors (Lipinski definition) is 1. The van der Waals surface area contributed by atoms with E-state index in [-0.39, 0.29) is 0 Å². The van der Waals surface area contributed by atoms with Crippen LogP contribution in [0.3, 0.4) is 0 Å². The van der Waals surface area contributed by atoms with Crippen LogP contribution in [0.1, 0.15) is 44.4 Å². The van der Waals surface area contributed by atoms with E-state index in [1.807, 2.05) is 7.05 Å². The molecule has 2 rings (SSSR count). The second-order valence-corrected chi connectivity index (χ2v) is 6.07. The van der Waals surface area contributed by atoms with Crippen LogP contribution >= 0.6 is 0 Å². The maximum atomic E-state index is 5.55. The highest BCUT2D eigenvalue weighted by Gasteiger charge is 2.21. The van der Waals surface area contributed by atoms with Crippen molar-refractivity contribution in [1.29, 1.82) is 0 Å². The Labute approximate surface area is 104 Å². The number of benzene rings is 1. The fraction of sp³-hybridized carbons (Fsp3) is 0.600. The summed E-state index contributed by atoms with van der Waals surface area (Å²) in [6.07, 6.45) is 2.19. The Bertz CT molecular complexity index is 392. The minimum atomic E-state index is 0.336. The van der Waals surface area contributed by atoms with E-state index in [1.54, 1.807) is 0 Å². The molecule has 0 saturated heterocycles. The lowest BCUT2D eigenvalue weighted by atomic mass is 9.85. The van der Waals surface area contributed by atoms with Gasteiger partial charge in [-0.05, 0) is 36.1 Å². The van der Waals surface area contributed by atoms with Crippen molar-refractivity contribution in [2.45, 2.75) is 39.7 Å². The van der Waals surface area contributed by atoms with Crippen molar-refractivity contribution in [2.24, 2.45) is 5.41 Å². The fourth-order valence-electron chi connectivity index (χ4n) is 2.42. The van der Waals surface area contributed by atoms with Gasteiger partial charge in [-0.2, -0.15) is 0 Å². The first-order valence-electron chi connectivity index (χ1n) is 6.42. The third-order valence-corrected chi connectivity index (χ3v) is 3.28. The fourth-order valence-corrected chi connectivity index (χ4v) is 2.42. The Kier molecular flexibility index (Phi) is 3.43. The molecule has 1 aliphatic heterocycles. The Morgan fingerprint density at radius 1 is 1.35 bits per heavy atom. The van der Waals surface area contributed by atoms with E-state index >= 15 is 0 Å². The molecule has 0 fully saturated rings. The van der Waals surface area contributed by atoms with Gasteiger partial charge in [0.1, 0.15) is 5.75 Å². The topological polar surface area (TPSA) is 21.3 Å². The number of hydrogen-bond acceptors (Lipinski definition) is 2. The summed E-state index contributed by atoms with van der Waals surface area (Å²) in [6, 6.07) is 7.04. The van der Waals surface area contributed by atoms with Crippen LogP contribution in [0.25, 0.3) is 0 Å². The van der Waals surface area contributed by atoms with Crippen LogP contribution in [0.2, 0.25) is 0 Å². The smallest absolute Gasteiger partial charge is 0.122 e. The molecule has 0 amide bonds. The van der Waals surface area contributed by atoms with Gasteiger partial charge in [-0.15, -0.1) is 0 Å². The Balaban J connectivity index is 2.20. The Hall–Kier alpha value is -1.02. The molecule has 0 aliphatic carbocycles. The van der Waals surface area contributed by atoms with E-state index in [0.29, 0.717) is 11.5 Å². The summed E-state index contributed by atoms with van der Waals surface area (Å²) in [5.74, 6) is 1.07. The van der Waals surface area contributed by atoms with Crippen LogP contribution in [-0.4, -0.2) is 13.7 Å². The highest BCUT2D eigenvalue weighted by Crippen LogP contribution is 2.33. The zero-order valence-electron chi connectivity index (χ0n) is 11.3. The lowest BCUT2D eigenvalue weighted by molar-refractivity contribution is 0.320. The monoisotopic (exact) mass is 233 g/mol. The molecule has 1 heterocycles. The van der Waals surface area contributed by atoms with Crippen molar-refractivity contribution in [1.82, 2.24) is 5.32 Å². The predicted molar refractivity (Wildman–Crippen MR) is 71.5 cm³/mol. The Morgan fingerprint density at radius 2 is 2.12 bits per heavy atom. The van der Waals surface area contributed by atoms with Crippen molar-refractivity contribution in [3.63, 3.8) is 0 Å². The van der Waals surface area contributed by atoms with E-state index < -0.39 is 0 Å². The molecular weight excluding hydrogens is 210 g/mol. The number of ether oxygens (including phenoxy) is 1. The lowest BCUT2D eigenvalue weighted by Gasteiger charge is -2.26.